The lowest BCUT2D eigenvalue weighted by atomic mass is 9.77. The SMILES string of the molecule is CC(C)COC(=O)C1[C@H]2C=CC3(CN(Cc4ccccc4)C(=O)[C@@H]13)O2. The van der Waals surface area contributed by atoms with E-state index in [-0.39, 0.29) is 23.9 Å². The quantitative estimate of drug-likeness (QED) is 0.608. The zero-order valence-electron chi connectivity index (χ0n) is 14.6. The van der Waals surface area contributed by atoms with Crippen molar-refractivity contribution in [2.45, 2.75) is 32.1 Å². The molecule has 0 radical (unpaired) electrons. The lowest BCUT2D eigenvalue weighted by molar-refractivity contribution is -0.154. The van der Waals surface area contributed by atoms with Crippen molar-refractivity contribution in [1.82, 2.24) is 4.90 Å². The summed E-state index contributed by atoms with van der Waals surface area (Å²) in [6, 6.07) is 9.88. The Labute approximate surface area is 147 Å². The molecular weight excluding hydrogens is 318 g/mol. The molecule has 2 saturated heterocycles. The van der Waals surface area contributed by atoms with Gasteiger partial charge in [0.05, 0.1) is 25.2 Å². The predicted octanol–water partition coefficient (Wildman–Crippen LogP) is 2.17. The minimum Gasteiger partial charge on any atom is -0.465 e. The number of fused-ring (bicyclic) bond motifs is 1. The van der Waals surface area contributed by atoms with Crippen LogP contribution in [0.4, 0.5) is 0 Å². The molecule has 3 aliphatic heterocycles. The summed E-state index contributed by atoms with van der Waals surface area (Å²) in [5.74, 6) is -1.06. The number of nitrogens with zero attached hydrogens (tertiary/aromatic N) is 1. The van der Waals surface area contributed by atoms with Crippen LogP contribution in [0.1, 0.15) is 19.4 Å². The molecule has 4 atom stereocenters. The van der Waals surface area contributed by atoms with Gasteiger partial charge in [-0.3, -0.25) is 9.59 Å². The van der Waals surface area contributed by atoms with Crippen LogP contribution in [0.3, 0.4) is 0 Å². The van der Waals surface area contributed by atoms with Crippen molar-refractivity contribution in [3.8, 4) is 0 Å². The Morgan fingerprint density at radius 3 is 2.84 bits per heavy atom. The summed E-state index contributed by atoms with van der Waals surface area (Å²) in [4.78, 5) is 27.4. The van der Waals surface area contributed by atoms with E-state index in [0.29, 0.717) is 19.7 Å². The number of amides is 1. The van der Waals surface area contributed by atoms with Gasteiger partial charge in [0.2, 0.25) is 5.91 Å². The van der Waals surface area contributed by atoms with E-state index in [2.05, 4.69) is 0 Å². The number of ether oxygens (including phenoxy) is 2. The zero-order chi connectivity index (χ0) is 17.6. The molecule has 132 valence electrons. The zero-order valence-corrected chi connectivity index (χ0v) is 14.6. The molecule has 1 aromatic carbocycles. The van der Waals surface area contributed by atoms with E-state index < -0.39 is 17.4 Å². The standard InChI is InChI=1S/C20H23NO4/c1-13(2)11-24-19(23)16-15-8-9-20(25-15)12-21(18(22)17(16)20)10-14-6-4-3-5-7-14/h3-9,13,15-17H,10-12H2,1-2H3/t15-,16?,17-,20?/m1/s1. The highest BCUT2D eigenvalue weighted by molar-refractivity contribution is 5.91. The van der Waals surface area contributed by atoms with E-state index >= 15 is 0 Å². The number of benzene rings is 1. The third-order valence-corrected chi connectivity index (χ3v) is 5.23. The van der Waals surface area contributed by atoms with Gasteiger partial charge in [-0.2, -0.15) is 0 Å². The molecule has 1 spiro atoms. The number of rotatable bonds is 5. The van der Waals surface area contributed by atoms with Crippen LogP contribution in [0.5, 0.6) is 0 Å². The molecule has 2 fully saturated rings. The van der Waals surface area contributed by atoms with Crippen molar-refractivity contribution >= 4 is 11.9 Å². The minimum atomic E-state index is -0.669. The van der Waals surface area contributed by atoms with Crippen LogP contribution in [0, 0.1) is 17.8 Å². The van der Waals surface area contributed by atoms with Gasteiger partial charge < -0.3 is 14.4 Å². The van der Waals surface area contributed by atoms with Crippen LogP contribution >= 0.6 is 0 Å². The Morgan fingerprint density at radius 2 is 2.12 bits per heavy atom. The molecular formula is C20H23NO4. The van der Waals surface area contributed by atoms with Crippen molar-refractivity contribution in [3.05, 3.63) is 48.0 Å². The molecule has 1 aromatic rings. The van der Waals surface area contributed by atoms with Crippen molar-refractivity contribution in [2.75, 3.05) is 13.2 Å². The van der Waals surface area contributed by atoms with Gasteiger partial charge in [-0.1, -0.05) is 56.3 Å². The monoisotopic (exact) mass is 341 g/mol. The van der Waals surface area contributed by atoms with Gasteiger partial charge in [-0.25, -0.2) is 0 Å². The fourth-order valence-electron chi connectivity index (χ4n) is 4.13. The molecule has 5 nitrogen and oxygen atoms in total. The normalized spacial score (nSPS) is 32.5. The number of carbonyl (C=O) groups is 2. The number of hydrogen-bond donors (Lipinski definition) is 0. The summed E-state index contributed by atoms with van der Waals surface area (Å²) in [5, 5.41) is 0. The smallest absolute Gasteiger partial charge is 0.312 e. The summed E-state index contributed by atoms with van der Waals surface area (Å²) in [5.41, 5.74) is 0.405. The first-order chi connectivity index (χ1) is 12.0. The fourth-order valence-corrected chi connectivity index (χ4v) is 4.13. The van der Waals surface area contributed by atoms with Gasteiger partial charge in [0, 0.05) is 6.54 Å². The van der Waals surface area contributed by atoms with Crippen molar-refractivity contribution in [1.29, 1.82) is 0 Å². The summed E-state index contributed by atoms with van der Waals surface area (Å²) >= 11 is 0. The predicted molar refractivity (Wildman–Crippen MR) is 91.4 cm³/mol. The average Bonchev–Trinajstić information content (AvgIpc) is 3.22. The highest BCUT2D eigenvalue weighted by Gasteiger charge is 2.67. The second-order valence-electron chi connectivity index (χ2n) is 7.60. The molecule has 4 rings (SSSR count). The molecule has 3 aliphatic rings. The molecule has 2 bridgehead atoms. The van der Waals surface area contributed by atoms with Crippen LogP contribution in [-0.4, -0.2) is 41.6 Å². The third-order valence-electron chi connectivity index (χ3n) is 5.23. The van der Waals surface area contributed by atoms with E-state index in [0.717, 1.165) is 5.56 Å². The fraction of sp³-hybridized carbons (Fsp3) is 0.500. The molecule has 0 aromatic heterocycles. The van der Waals surface area contributed by atoms with Gasteiger partial charge in [-0.15, -0.1) is 0 Å². The van der Waals surface area contributed by atoms with Gasteiger partial charge >= 0.3 is 5.97 Å². The second kappa shape index (κ2) is 5.99. The van der Waals surface area contributed by atoms with E-state index in [1.165, 1.54) is 0 Å². The van der Waals surface area contributed by atoms with Gasteiger partial charge in [0.15, 0.2) is 0 Å². The molecule has 1 amide bonds. The molecule has 3 heterocycles. The van der Waals surface area contributed by atoms with Crippen LogP contribution < -0.4 is 0 Å². The van der Waals surface area contributed by atoms with E-state index in [4.69, 9.17) is 9.47 Å². The summed E-state index contributed by atoms with van der Waals surface area (Å²) in [6.45, 7) is 5.38. The summed E-state index contributed by atoms with van der Waals surface area (Å²) in [6.07, 6.45) is 3.54. The number of hydrogen-bond acceptors (Lipinski definition) is 4. The van der Waals surface area contributed by atoms with Crippen LogP contribution in [0.2, 0.25) is 0 Å². The van der Waals surface area contributed by atoms with Crippen molar-refractivity contribution in [3.63, 3.8) is 0 Å². The highest BCUT2D eigenvalue weighted by atomic mass is 16.6. The largest absolute Gasteiger partial charge is 0.465 e. The number of carbonyl (C=O) groups excluding carboxylic acids is 2. The molecule has 0 saturated carbocycles. The Kier molecular flexibility index (Phi) is 3.91. The Balaban J connectivity index is 1.54. The lowest BCUT2D eigenvalue weighted by Crippen LogP contribution is -2.40. The van der Waals surface area contributed by atoms with Gasteiger partial charge in [0.1, 0.15) is 11.5 Å². The average molecular weight is 341 g/mol. The molecule has 0 N–H and O–H groups in total. The van der Waals surface area contributed by atoms with Gasteiger partial charge in [-0.05, 0) is 11.5 Å². The summed E-state index contributed by atoms with van der Waals surface area (Å²) < 4.78 is 11.5. The maximum atomic E-state index is 13.0. The minimum absolute atomic E-state index is 0.0119. The topological polar surface area (TPSA) is 55.8 Å². The van der Waals surface area contributed by atoms with Gasteiger partial charge in [0.25, 0.3) is 0 Å². The van der Waals surface area contributed by atoms with Crippen molar-refractivity contribution in [2.24, 2.45) is 17.8 Å². The Morgan fingerprint density at radius 1 is 1.36 bits per heavy atom. The van der Waals surface area contributed by atoms with E-state index in [1.807, 2.05) is 56.3 Å². The Bertz CT molecular complexity index is 714. The first-order valence-corrected chi connectivity index (χ1v) is 8.87. The number of esters is 1. The summed E-state index contributed by atoms with van der Waals surface area (Å²) in [7, 11) is 0. The molecule has 25 heavy (non-hydrogen) atoms. The van der Waals surface area contributed by atoms with Crippen molar-refractivity contribution < 1.29 is 19.1 Å². The molecule has 0 aliphatic carbocycles. The molecule has 5 heteroatoms. The van der Waals surface area contributed by atoms with Crippen LogP contribution in [-0.2, 0) is 25.6 Å². The maximum Gasteiger partial charge on any atom is 0.312 e. The van der Waals surface area contributed by atoms with E-state index in [9.17, 15) is 9.59 Å². The Hall–Kier alpha value is -2.14. The third kappa shape index (κ3) is 2.67. The second-order valence-corrected chi connectivity index (χ2v) is 7.60. The van der Waals surface area contributed by atoms with Crippen LogP contribution in [0.25, 0.3) is 0 Å². The molecule has 2 unspecified atom stereocenters. The van der Waals surface area contributed by atoms with Crippen LogP contribution in [0.15, 0.2) is 42.5 Å². The lowest BCUT2D eigenvalue weighted by Gasteiger charge is -2.23. The maximum absolute atomic E-state index is 13.0. The first kappa shape index (κ1) is 16.3. The number of likely N-dealkylation sites (tertiary alicyclic amines) is 1. The highest BCUT2D eigenvalue weighted by Crippen LogP contribution is 2.52. The van der Waals surface area contributed by atoms with E-state index in [1.54, 1.807) is 4.90 Å². The first-order valence-electron chi connectivity index (χ1n) is 8.87.